The molecule has 1 heterocycles. The number of aromatic nitrogens is 1. The van der Waals surface area contributed by atoms with E-state index in [1.165, 1.54) is 0 Å². The topological polar surface area (TPSA) is 50.1 Å². The second-order valence-corrected chi connectivity index (χ2v) is 2.41. The molecular weight excluding hydrogens is 162 g/mol. The van der Waals surface area contributed by atoms with E-state index in [0.29, 0.717) is 5.11 Å². The summed E-state index contributed by atoms with van der Waals surface area (Å²) in [4.78, 5) is 0. The number of hydrogen-bond acceptors (Lipinski definition) is 3. The number of nitrogens with one attached hydrogen (secondary N) is 2. The number of aryl methyl sites for hydroxylation is 1. The number of thiocarbonyl (C=S) groups is 1. The third kappa shape index (κ3) is 1.91. The van der Waals surface area contributed by atoms with Gasteiger partial charge in [-0.3, -0.25) is 0 Å². The van der Waals surface area contributed by atoms with Gasteiger partial charge < -0.3 is 15.2 Å². The lowest BCUT2D eigenvalue weighted by Gasteiger charge is -2.02. The van der Waals surface area contributed by atoms with Crippen LogP contribution in [-0.4, -0.2) is 17.3 Å². The van der Waals surface area contributed by atoms with E-state index < -0.39 is 0 Å². The molecule has 0 aromatic carbocycles. The van der Waals surface area contributed by atoms with Crippen molar-refractivity contribution in [2.45, 2.75) is 6.92 Å². The summed E-state index contributed by atoms with van der Waals surface area (Å²) in [6, 6.07) is 0. The summed E-state index contributed by atoms with van der Waals surface area (Å²) in [7, 11) is 1.75. The monoisotopic (exact) mass is 171 g/mol. The highest BCUT2D eigenvalue weighted by molar-refractivity contribution is 7.80. The second-order valence-electron chi connectivity index (χ2n) is 2.00. The van der Waals surface area contributed by atoms with Crippen LogP contribution in [0.1, 0.15) is 5.76 Å². The number of hydrogen-bond donors (Lipinski definition) is 2. The van der Waals surface area contributed by atoms with E-state index in [1.54, 1.807) is 13.2 Å². The van der Waals surface area contributed by atoms with Crippen LogP contribution in [-0.2, 0) is 0 Å². The molecule has 0 radical (unpaired) electrons. The molecular formula is C6H9N3OS. The minimum atomic E-state index is 0.552. The van der Waals surface area contributed by atoms with Gasteiger partial charge in [0.05, 0.1) is 6.20 Å². The molecule has 0 aliphatic carbocycles. The molecule has 0 saturated heterocycles. The molecule has 0 aliphatic rings. The van der Waals surface area contributed by atoms with Crippen LogP contribution in [0.4, 0.5) is 5.69 Å². The summed E-state index contributed by atoms with van der Waals surface area (Å²) >= 11 is 4.87. The third-order valence-electron chi connectivity index (χ3n) is 1.23. The molecule has 1 aromatic rings. The van der Waals surface area contributed by atoms with Crippen molar-refractivity contribution in [1.82, 2.24) is 10.5 Å². The molecule has 0 aliphatic heterocycles. The predicted molar refractivity (Wildman–Crippen MR) is 46.5 cm³/mol. The van der Waals surface area contributed by atoms with Crippen LogP contribution >= 0.6 is 12.2 Å². The quantitative estimate of drug-likeness (QED) is 0.615. The summed E-state index contributed by atoms with van der Waals surface area (Å²) in [6.45, 7) is 1.81. The van der Waals surface area contributed by atoms with E-state index in [-0.39, 0.29) is 0 Å². The Morgan fingerprint density at radius 1 is 1.73 bits per heavy atom. The lowest BCUT2D eigenvalue weighted by molar-refractivity contribution is 0.398. The van der Waals surface area contributed by atoms with Crippen LogP contribution in [0.3, 0.4) is 0 Å². The van der Waals surface area contributed by atoms with Gasteiger partial charge in [-0.05, 0) is 19.1 Å². The standard InChI is InChI=1S/C6H9N3OS/c1-4-5(3-8-10-4)9-6(11)7-2/h3H,1-2H3,(H2,7,9,11). The van der Waals surface area contributed by atoms with Crippen molar-refractivity contribution in [3.8, 4) is 0 Å². The molecule has 1 rings (SSSR count). The zero-order valence-electron chi connectivity index (χ0n) is 6.34. The lowest BCUT2D eigenvalue weighted by Crippen LogP contribution is -2.24. The summed E-state index contributed by atoms with van der Waals surface area (Å²) in [6.07, 6.45) is 1.58. The van der Waals surface area contributed by atoms with Gasteiger partial charge in [0.15, 0.2) is 10.9 Å². The zero-order chi connectivity index (χ0) is 8.27. The molecule has 11 heavy (non-hydrogen) atoms. The molecule has 60 valence electrons. The number of anilines is 1. The van der Waals surface area contributed by atoms with E-state index in [1.807, 2.05) is 6.92 Å². The van der Waals surface area contributed by atoms with Gasteiger partial charge in [-0.25, -0.2) is 0 Å². The van der Waals surface area contributed by atoms with Crippen LogP contribution in [0.5, 0.6) is 0 Å². The Labute approximate surface area is 70.0 Å². The average molecular weight is 171 g/mol. The molecule has 0 amide bonds. The lowest BCUT2D eigenvalue weighted by atomic mass is 10.4. The van der Waals surface area contributed by atoms with E-state index in [0.717, 1.165) is 11.4 Å². The summed E-state index contributed by atoms with van der Waals surface area (Å²) in [5.41, 5.74) is 0.796. The van der Waals surface area contributed by atoms with Gasteiger partial charge in [0, 0.05) is 7.05 Å². The molecule has 0 fully saturated rings. The van der Waals surface area contributed by atoms with Crippen LogP contribution < -0.4 is 10.6 Å². The molecule has 2 N–H and O–H groups in total. The SMILES string of the molecule is CNC(=S)Nc1cnoc1C. The predicted octanol–water partition coefficient (Wildman–Crippen LogP) is 0.899. The molecule has 0 spiro atoms. The van der Waals surface area contributed by atoms with Gasteiger partial charge in [-0.15, -0.1) is 0 Å². The third-order valence-corrected chi connectivity index (χ3v) is 1.53. The maximum Gasteiger partial charge on any atom is 0.170 e. The van der Waals surface area contributed by atoms with Crippen molar-refractivity contribution in [1.29, 1.82) is 0 Å². The Bertz CT molecular complexity index is 258. The maximum absolute atomic E-state index is 4.87. The number of nitrogens with zero attached hydrogens (tertiary/aromatic N) is 1. The maximum atomic E-state index is 4.87. The summed E-state index contributed by atoms with van der Waals surface area (Å²) < 4.78 is 4.81. The van der Waals surface area contributed by atoms with Crippen molar-refractivity contribution in [3.63, 3.8) is 0 Å². The van der Waals surface area contributed by atoms with Crippen molar-refractivity contribution in [2.24, 2.45) is 0 Å². The van der Waals surface area contributed by atoms with E-state index >= 15 is 0 Å². The van der Waals surface area contributed by atoms with Gasteiger partial charge in [0.2, 0.25) is 0 Å². The highest BCUT2D eigenvalue weighted by Crippen LogP contribution is 2.11. The first-order valence-corrected chi connectivity index (χ1v) is 3.55. The Balaban J connectivity index is 2.64. The Hall–Kier alpha value is -1.10. The fourth-order valence-corrected chi connectivity index (χ4v) is 0.713. The van der Waals surface area contributed by atoms with Crippen molar-refractivity contribution in [3.05, 3.63) is 12.0 Å². The summed E-state index contributed by atoms with van der Waals surface area (Å²) in [5.74, 6) is 0.725. The van der Waals surface area contributed by atoms with Gasteiger partial charge in [0.1, 0.15) is 5.69 Å². The van der Waals surface area contributed by atoms with Crippen LogP contribution in [0, 0.1) is 6.92 Å². The van der Waals surface area contributed by atoms with Gasteiger partial charge in [0.25, 0.3) is 0 Å². The van der Waals surface area contributed by atoms with Crippen molar-refractivity contribution >= 4 is 23.0 Å². The first kappa shape index (κ1) is 8.00. The fourth-order valence-electron chi connectivity index (χ4n) is 0.603. The van der Waals surface area contributed by atoms with E-state index in [9.17, 15) is 0 Å². The number of rotatable bonds is 1. The molecule has 4 nitrogen and oxygen atoms in total. The molecule has 0 atom stereocenters. The first-order chi connectivity index (χ1) is 5.24. The smallest absolute Gasteiger partial charge is 0.170 e. The molecule has 0 bridgehead atoms. The van der Waals surface area contributed by atoms with Crippen molar-refractivity contribution < 1.29 is 4.52 Å². The van der Waals surface area contributed by atoms with Crippen molar-refractivity contribution in [2.75, 3.05) is 12.4 Å². The second kappa shape index (κ2) is 3.34. The Morgan fingerprint density at radius 2 is 2.45 bits per heavy atom. The summed E-state index contributed by atoms with van der Waals surface area (Å²) in [5, 5.41) is 9.82. The largest absolute Gasteiger partial charge is 0.366 e. The van der Waals surface area contributed by atoms with E-state index in [4.69, 9.17) is 16.7 Å². The Kier molecular flexibility index (Phi) is 2.43. The molecule has 0 unspecified atom stereocenters. The Morgan fingerprint density at radius 3 is 2.91 bits per heavy atom. The highest BCUT2D eigenvalue weighted by Gasteiger charge is 2.02. The zero-order valence-corrected chi connectivity index (χ0v) is 7.16. The van der Waals surface area contributed by atoms with Crippen LogP contribution in [0.2, 0.25) is 0 Å². The van der Waals surface area contributed by atoms with E-state index in [2.05, 4.69) is 15.8 Å². The van der Waals surface area contributed by atoms with Gasteiger partial charge in [-0.2, -0.15) is 0 Å². The minimum Gasteiger partial charge on any atom is -0.366 e. The first-order valence-electron chi connectivity index (χ1n) is 3.14. The molecule has 0 saturated carbocycles. The average Bonchev–Trinajstić information content (AvgIpc) is 2.37. The minimum absolute atomic E-state index is 0.552. The molecule has 1 aromatic heterocycles. The fraction of sp³-hybridized carbons (Fsp3) is 0.333. The highest BCUT2D eigenvalue weighted by atomic mass is 32.1. The van der Waals surface area contributed by atoms with Crippen LogP contribution in [0.25, 0.3) is 0 Å². The molecule has 5 heteroatoms. The van der Waals surface area contributed by atoms with Crippen LogP contribution in [0.15, 0.2) is 10.7 Å². The van der Waals surface area contributed by atoms with Gasteiger partial charge >= 0.3 is 0 Å². The van der Waals surface area contributed by atoms with Gasteiger partial charge in [-0.1, -0.05) is 5.16 Å². The normalized spacial score (nSPS) is 9.27.